The van der Waals surface area contributed by atoms with E-state index in [4.69, 9.17) is 5.26 Å². The third kappa shape index (κ3) is 1.59. The molecule has 3 atom stereocenters. The van der Waals surface area contributed by atoms with Gasteiger partial charge in [-0.05, 0) is 5.56 Å². The molecular weight excluding hydrogens is 254 g/mol. The average Bonchev–Trinajstić information content (AvgIpc) is 3.00. The molecule has 0 amide bonds. The summed E-state index contributed by atoms with van der Waals surface area (Å²) in [5.41, 5.74) is -1.29. The number of nitrogens with zero attached hydrogens (tertiary/aromatic N) is 1. The fourth-order valence-corrected chi connectivity index (χ4v) is 4.24. The molecule has 1 aromatic carbocycles. The van der Waals surface area contributed by atoms with Gasteiger partial charge in [-0.3, -0.25) is 4.79 Å². The second-order valence-electron chi connectivity index (χ2n) is 4.42. The van der Waals surface area contributed by atoms with Crippen LogP contribution in [0.5, 0.6) is 0 Å². The van der Waals surface area contributed by atoms with Gasteiger partial charge < -0.3 is 5.11 Å². The number of carbonyl (C=O) groups is 1. The van der Waals surface area contributed by atoms with Crippen molar-refractivity contribution in [1.82, 2.24) is 0 Å². The van der Waals surface area contributed by atoms with Crippen LogP contribution in [-0.4, -0.2) is 31.0 Å². The van der Waals surface area contributed by atoms with E-state index in [0.29, 0.717) is 5.56 Å². The van der Waals surface area contributed by atoms with E-state index in [-0.39, 0.29) is 0 Å². The molecule has 0 bridgehead atoms. The molecule has 1 aliphatic carbocycles. The van der Waals surface area contributed by atoms with Gasteiger partial charge in [0.05, 0.1) is 6.07 Å². The van der Waals surface area contributed by atoms with Gasteiger partial charge in [0, 0.05) is 12.2 Å². The Morgan fingerprint density at radius 2 is 1.94 bits per heavy atom. The van der Waals surface area contributed by atoms with Crippen molar-refractivity contribution in [2.45, 2.75) is 11.2 Å². The van der Waals surface area contributed by atoms with Gasteiger partial charge >= 0.3 is 5.97 Å². The largest absolute Gasteiger partial charge is 0.480 e. The van der Waals surface area contributed by atoms with E-state index in [0.717, 1.165) is 6.26 Å². The van der Waals surface area contributed by atoms with E-state index in [9.17, 15) is 18.3 Å². The van der Waals surface area contributed by atoms with Gasteiger partial charge in [-0.1, -0.05) is 30.3 Å². The quantitative estimate of drug-likeness (QED) is 0.871. The molecule has 0 spiro atoms. The normalized spacial score (nSPS) is 30.4. The van der Waals surface area contributed by atoms with Crippen molar-refractivity contribution in [3.8, 4) is 6.07 Å². The average molecular weight is 265 g/mol. The van der Waals surface area contributed by atoms with Crippen molar-refractivity contribution in [2.24, 2.45) is 5.41 Å². The summed E-state index contributed by atoms with van der Waals surface area (Å²) in [4.78, 5) is 11.3. The van der Waals surface area contributed by atoms with Crippen molar-refractivity contribution in [2.75, 3.05) is 6.26 Å². The SMILES string of the molecule is CS(=O)(=O)[C@H]1[C@H](c2ccccc2)[C@@]1(C#N)C(=O)O. The molecule has 5 nitrogen and oxygen atoms in total. The minimum absolute atomic E-state index is 0.567. The number of nitriles is 1. The Kier molecular flexibility index (Phi) is 2.67. The van der Waals surface area contributed by atoms with Crippen LogP contribution in [0, 0.1) is 16.7 Å². The second-order valence-corrected chi connectivity index (χ2v) is 6.59. The van der Waals surface area contributed by atoms with Gasteiger partial charge in [-0.25, -0.2) is 8.42 Å². The van der Waals surface area contributed by atoms with Crippen LogP contribution in [0.15, 0.2) is 30.3 Å². The number of aliphatic carboxylic acids is 1. The number of hydrogen-bond donors (Lipinski definition) is 1. The maximum absolute atomic E-state index is 11.6. The van der Waals surface area contributed by atoms with E-state index in [2.05, 4.69) is 0 Å². The molecule has 1 N–H and O–H groups in total. The molecule has 0 unspecified atom stereocenters. The molecule has 6 heteroatoms. The molecule has 2 rings (SSSR count). The van der Waals surface area contributed by atoms with Crippen LogP contribution in [0.3, 0.4) is 0 Å². The third-order valence-electron chi connectivity index (χ3n) is 3.29. The van der Waals surface area contributed by atoms with Crippen molar-refractivity contribution in [3.05, 3.63) is 35.9 Å². The van der Waals surface area contributed by atoms with Crippen LogP contribution >= 0.6 is 0 Å². The highest BCUT2D eigenvalue weighted by Gasteiger charge is 2.76. The van der Waals surface area contributed by atoms with Gasteiger partial charge in [0.15, 0.2) is 15.3 Å². The molecule has 94 valence electrons. The predicted molar refractivity (Wildman–Crippen MR) is 63.5 cm³/mol. The van der Waals surface area contributed by atoms with E-state index in [1.54, 1.807) is 36.4 Å². The fourth-order valence-electron chi connectivity index (χ4n) is 2.47. The molecule has 0 aliphatic heterocycles. The van der Waals surface area contributed by atoms with Crippen molar-refractivity contribution in [3.63, 3.8) is 0 Å². The first-order valence-corrected chi connectivity index (χ1v) is 7.19. The van der Waals surface area contributed by atoms with Crippen LogP contribution in [0.1, 0.15) is 11.5 Å². The molecule has 0 heterocycles. The minimum Gasteiger partial charge on any atom is -0.480 e. The van der Waals surface area contributed by atoms with E-state index in [1.165, 1.54) is 0 Å². The lowest BCUT2D eigenvalue weighted by Gasteiger charge is -2.01. The number of hydrogen-bond acceptors (Lipinski definition) is 4. The summed E-state index contributed by atoms with van der Waals surface area (Å²) < 4.78 is 23.3. The summed E-state index contributed by atoms with van der Waals surface area (Å²) >= 11 is 0. The Balaban J connectivity index is 2.55. The zero-order valence-electron chi connectivity index (χ0n) is 9.57. The van der Waals surface area contributed by atoms with Gasteiger partial charge in [0.25, 0.3) is 0 Å². The van der Waals surface area contributed by atoms with Gasteiger partial charge in [0.2, 0.25) is 0 Å². The minimum atomic E-state index is -3.60. The summed E-state index contributed by atoms with van der Waals surface area (Å²) in [6, 6.07) is 10.1. The smallest absolute Gasteiger partial charge is 0.326 e. The maximum Gasteiger partial charge on any atom is 0.326 e. The lowest BCUT2D eigenvalue weighted by atomic mass is 10.0. The summed E-state index contributed by atoms with van der Waals surface area (Å²) in [6.45, 7) is 0. The topological polar surface area (TPSA) is 95.2 Å². The molecule has 18 heavy (non-hydrogen) atoms. The second kappa shape index (κ2) is 3.82. The van der Waals surface area contributed by atoms with Gasteiger partial charge in [-0.2, -0.15) is 5.26 Å². The molecule has 1 fully saturated rings. The Labute approximate surface area is 105 Å². The van der Waals surface area contributed by atoms with E-state index in [1.807, 2.05) is 0 Å². The standard InChI is InChI=1S/C12H11NO4S/c1-18(16,17)10-9(8-5-3-2-4-6-8)12(10,7-13)11(14)15/h2-6,9-10H,1H3,(H,14,15)/t9-,10-,12+/m0/s1. The molecule has 0 saturated heterocycles. The molecule has 1 aliphatic rings. The first-order chi connectivity index (χ1) is 8.35. The Hall–Kier alpha value is -1.87. The van der Waals surface area contributed by atoms with Crippen LogP contribution in [0.4, 0.5) is 0 Å². The summed E-state index contributed by atoms with van der Waals surface area (Å²) in [5.74, 6) is -2.18. The highest BCUT2D eigenvalue weighted by atomic mass is 32.2. The van der Waals surface area contributed by atoms with Crippen molar-refractivity contribution < 1.29 is 18.3 Å². The fraction of sp³-hybridized carbons (Fsp3) is 0.333. The summed E-state index contributed by atoms with van der Waals surface area (Å²) in [7, 11) is -3.60. The number of carboxylic acid groups (broad SMARTS) is 1. The van der Waals surface area contributed by atoms with Gasteiger partial charge in [-0.15, -0.1) is 0 Å². The summed E-state index contributed by atoms with van der Waals surface area (Å²) in [6.07, 6.45) is 0.968. The number of rotatable bonds is 3. The zero-order chi connectivity index (χ0) is 13.6. The number of benzene rings is 1. The van der Waals surface area contributed by atoms with Gasteiger partial charge in [0.1, 0.15) is 5.25 Å². The molecule has 0 radical (unpaired) electrons. The van der Waals surface area contributed by atoms with Crippen LogP contribution in [-0.2, 0) is 14.6 Å². The first kappa shape index (κ1) is 12.6. The molecule has 1 aromatic rings. The lowest BCUT2D eigenvalue weighted by Crippen LogP contribution is -2.21. The highest BCUT2D eigenvalue weighted by Crippen LogP contribution is 2.62. The van der Waals surface area contributed by atoms with Crippen LogP contribution in [0.25, 0.3) is 0 Å². The molecular formula is C12H11NO4S. The van der Waals surface area contributed by atoms with Crippen molar-refractivity contribution in [1.29, 1.82) is 5.26 Å². The summed E-state index contributed by atoms with van der Waals surface area (Å²) in [5, 5.41) is 17.1. The maximum atomic E-state index is 11.6. The Bertz CT molecular complexity index is 632. The Morgan fingerprint density at radius 1 is 1.39 bits per heavy atom. The first-order valence-electron chi connectivity index (χ1n) is 5.24. The number of sulfone groups is 1. The zero-order valence-corrected chi connectivity index (χ0v) is 10.4. The Morgan fingerprint density at radius 3 is 2.28 bits per heavy atom. The molecule has 1 saturated carbocycles. The van der Waals surface area contributed by atoms with Crippen LogP contribution < -0.4 is 0 Å². The van der Waals surface area contributed by atoms with Crippen molar-refractivity contribution >= 4 is 15.8 Å². The van der Waals surface area contributed by atoms with E-state index < -0.39 is 32.4 Å². The third-order valence-corrected chi connectivity index (χ3v) is 4.86. The monoisotopic (exact) mass is 265 g/mol. The van der Waals surface area contributed by atoms with E-state index >= 15 is 0 Å². The lowest BCUT2D eigenvalue weighted by molar-refractivity contribution is -0.141. The highest BCUT2D eigenvalue weighted by molar-refractivity contribution is 7.91. The van der Waals surface area contributed by atoms with Crippen LogP contribution in [0.2, 0.25) is 0 Å². The predicted octanol–water partition coefficient (Wildman–Crippen LogP) is 0.792. The number of carboxylic acids is 1. The molecule has 0 aromatic heterocycles.